The van der Waals surface area contributed by atoms with E-state index in [1.54, 1.807) is 0 Å². The predicted octanol–water partition coefficient (Wildman–Crippen LogP) is 4.93. The Balaban J connectivity index is 1.61. The fraction of sp³-hybridized carbons (Fsp3) is 0.870. The average Bonchev–Trinajstić information content (AvgIpc) is 2.82. The molecule has 4 fully saturated rings. The van der Waals surface area contributed by atoms with Crippen LogP contribution in [0.25, 0.3) is 0 Å². The Morgan fingerprint density at radius 3 is 2.56 bits per heavy atom. The van der Waals surface area contributed by atoms with E-state index in [2.05, 4.69) is 32.0 Å². The third-order valence-corrected chi connectivity index (χ3v) is 9.39. The molecule has 138 valence electrons. The third-order valence-electron chi connectivity index (χ3n) is 9.39. The van der Waals surface area contributed by atoms with Gasteiger partial charge < -0.3 is 5.32 Å². The number of carbonyl (C=O) groups is 1. The molecule has 4 aliphatic carbocycles. The molecule has 2 nitrogen and oxygen atoms in total. The summed E-state index contributed by atoms with van der Waals surface area (Å²) in [5.74, 6) is 3.61. The lowest BCUT2D eigenvalue weighted by Gasteiger charge is -2.65. The first kappa shape index (κ1) is 17.4. The molecule has 2 heteroatoms. The molecule has 0 aromatic carbocycles. The van der Waals surface area contributed by atoms with Gasteiger partial charge in [-0.05, 0) is 97.2 Å². The summed E-state index contributed by atoms with van der Waals surface area (Å²) < 4.78 is 0. The second-order valence-corrected chi connectivity index (χ2v) is 10.9. The van der Waals surface area contributed by atoms with E-state index < -0.39 is 0 Å². The van der Waals surface area contributed by atoms with Crippen molar-refractivity contribution in [3.05, 3.63) is 0 Å². The number of terminal acetylenes is 1. The lowest BCUT2D eigenvalue weighted by Crippen LogP contribution is -2.58. The summed E-state index contributed by atoms with van der Waals surface area (Å²) in [6.07, 6.45) is 19.3. The molecule has 6 atom stereocenters. The molecule has 0 aromatic rings. The first-order valence-corrected chi connectivity index (χ1v) is 10.5. The van der Waals surface area contributed by atoms with Crippen LogP contribution < -0.4 is 5.32 Å². The Labute approximate surface area is 153 Å². The summed E-state index contributed by atoms with van der Waals surface area (Å²) in [5.41, 5.74) is 1.94. The topological polar surface area (TPSA) is 29.1 Å². The highest BCUT2D eigenvalue weighted by atomic mass is 16.1. The Morgan fingerprint density at radius 2 is 1.80 bits per heavy atom. The van der Waals surface area contributed by atoms with Crippen molar-refractivity contribution in [2.24, 2.45) is 33.5 Å². The van der Waals surface area contributed by atoms with Crippen molar-refractivity contribution < 1.29 is 4.79 Å². The van der Waals surface area contributed by atoms with Crippen LogP contribution >= 0.6 is 0 Å². The quantitative estimate of drug-likeness (QED) is 0.709. The van der Waals surface area contributed by atoms with Crippen LogP contribution in [0.3, 0.4) is 0 Å². The van der Waals surface area contributed by atoms with Crippen molar-refractivity contribution in [1.29, 1.82) is 0 Å². The summed E-state index contributed by atoms with van der Waals surface area (Å²) in [6, 6.07) is 0. The van der Waals surface area contributed by atoms with Gasteiger partial charge in [0.25, 0.3) is 5.91 Å². The molecule has 2 bridgehead atoms. The molecule has 3 unspecified atom stereocenters. The van der Waals surface area contributed by atoms with Gasteiger partial charge in [-0.25, -0.2) is 0 Å². The van der Waals surface area contributed by atoms with Crippen LogP contribution in [0.5, 0.6) is 0 Å². The maximum atomic E-state index is 11.7. The van der Waals surface area contributed by atoms with Crippen LogP contribution in [-0.4, -0.2) is 12.5 Å². The number of hydrogen-bond donors (Lipinski definition) is 1. The van der Waals surface area contributed by atoms with E-state index in [4.69, 9.17) is 6.42 Å². The van der Waals surface area contributed by atoms with Gasteiger partial charge in [0.2, 0.25) is 0 Å². The van der Waals surface area contributed by atoms with Crippen molar-refractivity contribution in [3.63, 3.8) is 0 Å². The molecule has 4 aliphatic rings. The largest absolute Gasteiger partial charge is 0.345 e. The Bertz CT molecular complexity index is 620. The second-order valence-electron chi connectivity index (χ2n) is 10.9. The first-order chi connectivity index (χ1) is 11.8. The van der Waals surface area contributed by atoms with Crippen LogP contribution in [0, 0.1) is 45.8 Å². The van der Waals surface area contributed by atoms with Gasteiger partial charge in [-0.3, -0.25) is 4.79 Å². The number of amides is 1. The minimum Gasteiger partial charge on any atom is -0.345 e. The number of fused-ring (bicyclic) bond motifs is 3. The monoisotopic (exact) mass is 341 g/mol. The van der Waals surface area contributed by atoms with E-state index in [-0.39, 0.29) is 11.3 Å². The Kier molecular flexibility index (Phi) is 3.85. The van der Waals surface area contributed by atoms with Crippen LogP contribution in [0.1, 0.15) is 85.0 Å². The normalized spacial score (nSPS) is 51.1. The SMILES string of the molecule is C#CC(=O)NC[C@]1(C)CCC[C@]2(C)C1CC[C@@]13CCC(C)(CCC12)C3. The van der Waals surface area contributed by atoms with E-state index in [1.165, 1.54) is 64.2 Å². The molecule has 1 N–H and O–H groups in total. The maximum absolute atomic E-state index is 11.7. The molecule has 0 radical (unpaired) electrons. The fourth-order valence-electron chi connectivity index (χ4n) is 8.39. The van der Waals surface area contributed by atoms with Crippen molar-refractivity contribution in [1.82, 2.24) is 5.32 Å². The minimum atomic E-state index is -0.245. The van der Waals surface area contributed by atoms with E-state index in [0.29, 0.717) is 16.2 Å². The van der Waals surface area contributed by atoms with Gasteiger partial charge in [-0.1, -0.05) is 27.2 Å². The Morgan fingerprint density at radius 1 is 1.04 bits per heavy atom. The molecular formula is C23H35NO. The van der Waals surface area contributed by atoms with Gasteiger partial charge >= 0.3 is 0 Å². The van der Waals surface area contributed by atoms with Gasteiger partial charge in [0.15, 0.2) is 0 Å². The van der Waals surface area contributed by atoms with Gasteiger partial charge in [0.1, 0.15) is 0 Å². The van der Waals surface area contributed by atoms with Crippen LogP contribution in [-0.2, 0) is 4.79 Å². The van der Waals surface area contributed by atoms with E-state index >= 15 is 0 Å². The van der Waals surface area contributed by atoms with E-state index in [9.17, 15) is 4.79 Å². The maximum Gasteiger partial charge on any atom is 0.295 e. The molecule has 0 aliphatic heterocycles. The summed E-state index contributed by atoms with van der Waals surface area (Å²) in [5, 5.41) is 3.03. The number of hydrogen-bond acceptors (Lipinski definition) is 1. The van der Waals surface area contributed by atoms with Crippen molar-refractivity contribution >= 4 is 5.91 Å². The highest BCUT2D eigenvalue weighted by Crippen LogP contribution is 2.73. The molecule has 0 saturated heterocycles. The zero-order chi connectivity index (χ0) is 17.9. The van der Waals surface area contributed by atoms with Crippen LogP contribution in [0.4, 0.5) is 0 Å². The van der Waals surface area contributed by atoms with Crippen LogP contribution in [0.15, 0.2) is 0 Å². The lowest BCUT2D eigenvalue weighted by atomic mass is 9.40. The standard InChI is InChI=1S/C23H35NO/c1-5-19(25)24-16-21(3)9-6-10-22(4)17(21)8-12-23-14-13-20(2,15-23)11-7-18(22)23/h1,17-18H,6-16H2,2-4H3,(H,24,25)/t17?,18?,20?,21-,22+,23-/m0/s1. The Hall–Kier alpha value is -0.970. The molecule has 0 heterocycles. The van der Waals surface area contributed by atoms with Crippen molar-refractivity contribution in [2.75, 3.05) is 6.54 Å². The third kappa shape index (κ3) is 2.48. The number of rotatable bonds is 2. The summed E-state index contributed by atoms with van der Waals surface area (Å²) in [4.78, 5) is 11.7. The first-order valence-electron chi connectivity index (χ1n) is 10.5. The minimum absolute atomic E-state index is 0.209. The smallest absolute Gasteiger partial charge is 0.295 e. The van der Waals surface area contributed by atoms with E-state index in [0.717, 1.165) is 18.4 Å². The second kappa shape index (κ2) is 5.51. The predicted molar refractivity (Wildman–Crippen MR) is 102 cm³/mol. The highest BCUT2D eigenvalue weighted by Gasteiger charge is 2.64. The molecule has 25 heavy (non-hydrogen) atoms. The van der Waals surface area contributed by atoms with Crippen molar-refractivity contribution in [3.8, 4) is 12.3 Å². The fourth-order valence-corrected chi connectivity index (χ4v) is 8.39. The van der Waals surface area contributed by atoms with Crippen molar-refractivity contribution in [2.45, 2.75) is 85.0 Å². The number of nitrogens with one attached hydrogen (secondary N) is 1. The van der Waals surface area contributed by atoms with E-state index in [1.807, 2.05) is 0 Å². The lowest BCUT2D eigenvalue weighted by molar-refractivity contribution is -0.154. The highest BCUT2D eigenvalue weighted by molar-refractivity contribution is 5.92. The zero-order valence-electron chi connectivity index (χ0n) is 16.4. The zero-order valence-corrected chi connectivity index (χ0v) is 16.4. The van der Waals surface area contributed by atoms with Gasteiger partial charge in [-0.2, -0.15) is 0 Å². The molecular weight excluding hydrogens is 306 g/mol. The molecule has 4 saturated carbocycles. The van der Waals surface area contributed by atoms with Gasteiger partial charge in [-0.15, -0.1) is 6.42 Å². The number of carbonyl (C=O) groups excluding carboxylic acids is 1. The summed E-state index contributed by atoms with van der Waals surface area (Å²) in [7, 11) is 0. The molecule has 0 aromatic heterocycles. The molecule has 1 spiro atoms. The molecule has 1 amide bonds. The van der Waals surface area contributed by atoms with Gasteiger partial charge in [0.05, 0.1) is 0 Å². The van der Waals surface area contributed by atoms with Gasteiger partial charge in [0, 0.05) is 6.54 Å². The van der Waals surface area contributed by atoms with Crippen LogP contribution in [0.2, 0.25) is 0 Å². The summed E-state index contributed by atoms with van der Waals surface area (Å²) in [6.45, 7) is 8.34. The summed E-state index contributed by atoms with van der Waals surface area (Å²) >= 11 is 0. The average molecular weight is 342 g/mol. The molecule has 4 rings (SSSR count).